The number of nitrogens with zero attached hydrogens (tertiary/aromatic N) is 7. The lowest BCUT2D eigenvalue weighted by molar-refractivity contribution is -0.109. The van der Waals surface area contributed by atoms with E-state index in [0.717, 1.165) is 0 Å². The van der Waals surface area contributed by atoms with Crippen molar-refractivity contribution >= 4 is 36.0 Å². The van der Waals surface area contributed by atoms with E-state index in [2.05, 4.69) is 41.0 Å². The van der Waals surface area contributed by atoms with E-state index in [9.17, 15) is 29.7 Å². The molecule has 204 valence electrons. The topological polar surface area (TPSA) is 247 Å². The Morgan fingerprint density at radius 1 is 1.32 bits per heavy atom. The molecule has 7 N–H and O–H groups in total. The first-order valence-corrected chi connectivity index (χ1v) is 13.1. The Labute approximate surface area is 214 Å². The molecule has 0 aromatic carbocycles. The van der Waals surface area contributed by atoms with Gasteiger partial charge in [0.2, 0.25) is 5.28 Å². The first-order chi connectivity index (χ1) is 17.5. The van der Waals surface area contributed by atoms with Gasteiger partial charge in [0.05, 0.1) is 31.2 Å². The SMILES string of the molecule is CC(C)CNc1nc(Cl)nc2c1cnn2[C@@H]1O[C@H](COC(CO)(Cc2nn[nH]n2)P(=O)(O)O)[C@@H](O)[C@H]1O. The normalized spacial score (nSPS) is 24.1. The third-order valence-corrected chi connectivity index (χ3v) is 7.46. The molecular formula is C18H27ClN9O8P. The Morgan fingerprint density at radius 3 is 2.70 bits per heavy atom. The van der Waals surface area contributed by atoms with Gasteiger partial charge in [-0.2, -0.15) is 20.3 Å². The summed E-state index contributed by atoms with van der Waals surface area (Å²) >= 11 is 6.09. The lowest BCUT2D eigenvalue weighted by Gasteiger charge is -2.32. The molecule has 1 saturated heterocycles. The van der Waals surface area contributed by atoms with Crippen LogP contribution in [0.4, 0.5) is 5.82 Å². The molecule has 1 unspecified atom stereocenters. The molecule has 19 heteroatoms. The average molecular weight is 564 g/mol. The standard InChI is InChI=1S/C18H27ClN9O8P/c1-8(2)4-20-14-9-5-21-28(15(9)23-17(19)22-14)16-13(31)12(30)10(36-16)6-35-18(7-29,37(32,33)34)3-11-24-26-27-25-11/h5,8,10,12-13,16,29-31H,3-4,6-7H2,1-2H3,(H,20,22,23)(H2,32,33,34)(H,24,25,26,27)/t10-,12-,13-,16-,18?/m1/s1. The zero-order valence-electron chi connectivity index (χ0n) is 19.7. The molecule has 1 aliphatic rings. The fraction of sp³-hybridized carbons (Fsp3) is 0.667. The van der Waals surface area contributed by atoms with Crippen LogP contribution in [0.1, 0.15) is 25.9 Å². The number of aromatic nitrogens is 8. The molecule has 4 rings (SSSR count). The molecule has 0 amide bonds. The second-order valence-corrected chi connectivity index (χ2v) is 11.2. The second kappa shape index (κ2) is 10.8. The third-order valence-electron chi connectivity index (χ3n) is 5.80. The highest BCUT2D eigenvalue weighted by Gasteiger charge is 2.52. The largest absolute Gasteiger partial charge is 0.393 e. The highest BCUT2D eigenvalue weighted by molar-refractivity contribution is 7.53. The van der Waals surface area contributed by atoms with Crippen molar-refractivity contribution in [2.45, 2.75) is 50.2 Å². The van der Waals surface area contributed by atoms with Gasteiger partial charge in [-0.3, -0.25) is 4.57 Å². The monoisotopic (exact) mass is 563 g/mol. The van der Waals surface area contributed by atoms with Gasteiger partial charge in [-0.05, 0) is 17.5 Å². The number of nitrogens with one attached hydrogen (secondary N) is 2. The van der Waals surface area contributed by atoms with Gasteiger partial charge in [0, 0.05) is 6.54 Å². The summed E-state index contributed by atoms with van der Waals surface area (Å²) in [5.41, 5.74) is 0.223. The smallest absolute Gasteiger partial charge is 0.359 e. The van der Waals surface area contributed by atoms with Gasteiger partial charge in [0.25, 0.3) is 0 Å². The summed E-state index contributed by atoms with van der Waals surface area (Å²) in [6, 6.07) is 0. The molecule has 17 nitrogen and oxygen atoms in total. The van der Waals surface area contributed by atoms with Gasteiger partial charge in [-0.1, -0.05) is 19.1 Å². The van der Waals surface area contributed by atoms with Crippen LogP contribution >= 0.6 is 19.2 Å². The van der Waals surface area contributed by atoms with Crippen LogP contribution in [0.25, 0.3) is 11.0 Å². The summed E-state index contributed by atoms with van der Waals surface area (Å²) in [5.74, 6) is 0.623. The number of aliphatic hydroxyl groups is 3. The van der Waals surface area contributed by atoms with Crippen molar-refractivity contribution in [3.8, 4) is 0 Å². The Balaban J connectivity index is 1.56. The van der Waals surface area contributed by atoms with Crippen molar-refractivity contribution in [3.63, 3.8) is 0 Å². The van der Waals surface area contributed by atoms with Gasteiger partial charge in [-0.15, -0.1) is 10.2 Å². The summed E-state index contributed by atoms with van der Waals surface area (Å²) in [4.78, 5) is 28.2. The van der Waals surface area contributed by atoms with Crippen molar-refractivity contribution in [2.75, 3.05) is 25.1 Å². The maximum absolute atomic E-state index is 12.2. The predicted octanol–water partition coefficient (Wildman–Crippen LogP) is -1.19. The van der Waals surface area contributed by atoms with Crippen molar-refractivity contribution < 1.29 is 39.1 Å². The fourth-order valence-electron chi connectivity index (χ4n) is 3.76. The van der Waals surface area contributed by atoms with Crippen LogP contribution in [0.5, 0.6) is 0 Å². The van der Waals surface area contributed by atoms with Crippen LogP contribution in [-0.4, -0.2) is 109 Å². The lowest BCUT2D eigenvalue weighted by atomic mass is 10.1. The number of halogens is 1. The molecule has 0 bridgehead atoms. The number of hydrogen-bond acceptors (Lipinski definition) is 13. The summed E-state index contributed by atoms with van der Waals surface area (Å²) in [5, 5.41) is 49.3. The van der Waals surface area contributed by atoms with E-state index in [0.29, 0.717) is 23.7 Å². The summed E-state index contributed by atoms with van der Waals surface area (Å²) in [6.07, 6.45) is -4.72. The van der Waals surface area contributed by atoms with Gasteiger partial charge in [0.15, 0.2) is 23.0 Å². The predicted molar refractivity (Wildman–Crippen MR) is 125 cm³/mol. The van der Waals surface area contributed by atoms with E-state index in [1.165, 1.54) is 10.9 Å². The molecule has 1 aliphatic heterocycles. The van der Waals surface area contributed by atoms with Crippen molar-refractivity contribution in [2.24, 2.45) is 5.92 Å². The van der Waals surface area contributed by atoms with E-state index >= 15 is 0 Å². The van der Waals surface area contributed by atoms with Gasteiger partial charge in [0.1, 0.15) is 24.1 Å². The van der Waals surface area contributed by atoms with Crippen LogP contribution in [0.3, 0.4) is 0 Å². The summed E-state index contributed by atoms with van der Waals surface area (Å²) < 4.78 is 24.7. The number of aromatic amines is 1. The van der Waals surface area contributed by atoms with Gasteiger partial charge < -0.3 is 39.9 Å². The van der Waals surface area contributed by atoms with Crippen LogP contribution in [-0.2, 0) is 20.5 Å². The second-order valence-electron chi connectivity index (χ2n) is 8.95. The molecular weight excluding hydrogens is 537 g/mol. The number of anilines is 1. The molecule has 5 atom stereocenters. The summed E-state index contributed by atoms with van der Waals surface area (Å²) in [7, 11) is -5.11. The van der Waals surface area contributed by atoms with Crippen LogP contribution in [0, 0.1) is 5.92 Å². The van der Waals surface area contributed by atoms with E-state index in [1.54, 1.807) is 0 Å². The maximum Gasteiger partial charge on any atom is 0.359 e. The number of ether oxygens (including phenoxy) is 2. The van der Waals surface area contributed by atoms with Crippen molar-refractivity contribution in [1.82, 2.24) is 40.4 Å². The number of rotatable bonds is 11. The number of H-pyrrole nitrogens is 1. The van der Waals surface area contributed by atoms with E-state index < -0.39 is 57.1 Å². The Kier molecular flexibility index (Phi) is 8.08. The minimum atomic E-state index is -5.11. The van der Waals surface area contributed by atoms with Crippen molar-refractivity contribution in [1.29, 1.82) is 0 Å². The Morgan fingerprint density at radius 2 is 2.08 bits per heavy atom. The van der Waals surface area contributed by atoms with Crippen molar-refractivity contribution in [3.05, 3.63) is 17.3 Å². The molecule has 3 aromatic heterocycles. The molecule has 1 fully saturated rings. The fourth-order valence-corrected chi connectivity index (χ4v) is 4.70. The van der Waals surface area contributed by atoms with Gasteiger partial charge in [-0.25, -0.2) is 4.68 Å². The molecule has 3 aromatic rings. The van der Waals surface area contributed by atoms with Crippen LogP contribution < -0.4 is 5.32 Å². The van der Waals surface area contributed by atoms with Gasteiger partial charge >= 0.3 is 7.60 Å². The number of aliphatic hydroxyl groups excluding tert-OH is 3. The molecule has 37 heavy (non-hydrogen) atoms. The molecule has 0 spiro atoms. The average Bonchev–Trinajstić information content (AvgIpc) is 3.55. The lowest BCUT2D eigenvalue weighted by Crippen LogP contribution is -2.43. The minimum absolute atomic E-state index is 0.0794. The quantitative estimate of drug-likeness (QED) is 0.107. The van der Waals surface area contributed by atoms with Crippen LogP contribution in [0.15, 0.2) is 6.20 Å². The zero-order chi connectivity index (χ0) is 27.0. The first-order valence-electron chi connectivity index (χ1n) is 11.1. The number of hydrogen-bond donors (Lipinski definition) is 7. The highest BCUT2D eigenvalue weighted by atomic mass is 35.5. The Bertz CT molecular complexity index is 1260. The van der Waals surface area contributed by atoms with E-state index in [1.807, 2.05) is 13.8 Å². The third kappa shape index (κ3) is 5.59. The molecule has 0 saturated carbocycles. The minimum Gasteiger partial charge on any atom is -0.393 e. The number of fused-ring (bicyclic) bond motifs is 1. The molecule has 0 aliphatic carbocycles. The highest BCUT2D eigenvalue weighted by Crippen LogP contribution is 2.52. The molecule has 4 heterocycles. The van der Waals surface area contributed by atoms with E-state index in [4.69, 9.17) is 21.1 Å². The summed E-state index contributed by atoms with van der Waals surface area (Å²) in [6.45, 7) is 2.91. The Hall–Kier alpha value is -2.34. The number of tetrazole rings is 1. The first kappa shape index (κ1) is 27.7. The molecule has 0 radical (unpaired) electrons. The van der Waals surface area contributed by atoms with Crippen LogP contribution in [0.2, 0.25) is 5.28 Å². The maximum atomic E-state index is 12.2. The van der Waals surface area contributed by atoms with E-state index in [-0.39, 0.29) is 16.8 Å². The zero-order valence-corrected chi connectivity index (χ0v) is 21.4.